The first-order valence-electron chi connectivity index (χ1n) is 10.4. The molecule has 0 radical (unpaired) electrons. The van der Waals surface area contributed by atoms with Crippen molar-refractivity contribution in [1.29, 1.82) is 0 Å². The minimum absolute atomic E-state index is 0.275. The molecule has 1 aliphatic carbocycles. The fraction of sp³-hybridized carbons (Fsp3) is 0.318. The molecule has 3 aromatic heterocycles. The first kappa shape index (κ1) is 21.8. The second-order valence-corrected chi connectivity index (χ2v) is 9.65. The summed E-state index contributed by atoms with van der Waals surface area (Å²) in [4.78, 5) is 16.7. The lowest BCUT2D eigenvalue weighted by molar-refractivity contribution is -0.114. The van der Waals surface area contributed by atoms with Gasteiger partial charge < -0.3 is 5.32 Å². The van der Waals surface area contributed by atoms with Crippen LogP contribution in [0.3, 0.4) is 0 Å². The van der Waals surface area contributed by atoms with Gasteiger partial charge in [-0.3, -0.25) is 14.0 Å². The van der Waals surface area contributed by atoms with Gasteiger partial charge in [-0.05, 0) is 56.2 Å². The quantitative estimate of drug-likeness (QED) is 0.479. The molecule has 2 N–H and O–H groups in total. The Morgan fingerprint density at radius 1 is 1.31 bits per heavy atom. The lowest BCUT2D eigenvalue weighted by atomic mass is 10.2. The van der Waals surface area contributed by atoms with Crippen LogP contribution in [0.2, 0.25) is 0 Å². The largest absolute Gasteiger partial charge is 0.391 e. The summed E-state index contributed by atoms with van der Waals surface area (Å²) in [5.74, 6) is 0.437. The molecule has 3 heterocycles. The summed E-state index contributed by atoms with van der Waals surface area (Å²) in [5, 5.41) is 8.50. The number of sulfonamides is 1. The van der Waals surface area contributed by atoms with Gasteiger partial charge in [0.05, 0.1) is 11.4 Å². The summed E-state index contributed by atoms with van der Waals surface area (Å²) in [5.41, 5.74) is 2.17. The van der Waals surface area contributed by atoms with Crippen molar-refractivity contribution in [2.24, 2.45) is 13.0 Å². The van der Waals surface area contributed by atoms with Gasteiger partial charge >= 0.3 is 0 Å². The smallest absolute Gasteiger partial charge is 0.257 e. The zero-order valence-corrected chi connectivity index (χ0v) is 18.8. The molecule has 3 aromatic rings. The second-order valence-electron chi connectivity index (χ2n) is 7.88. The van der Waals surface area contributed by atoms with E-state index in [0.717, 1.165) is 23.4 Å². The van der Waals surface area contributed by atoms with E-state index in [2.05, 4.69) is 20.1 Å². The molecule has 9 nitrogen and oxygen atoms in total. The number of nitrogens with zero attached hydrogens (tertiary/aromatic N) is 4. The normalized spacial score (nSPS) is 14.6. The molecule has 1 amide bonds. The Labute approximate surface area is 186 Å². The number of carbonyl (C=O) groups is 1. The first-order chi connectivity index (χ1) is 15.3. The third-order valence-electron chi connectivity index (χ3n) is 5.23. The van der Waals surface area contributed by atoms with Crippen LogP contribution >= 0.6 is 0 Å². The molecule has 0 saturated heterocycles. The Morgan fingerprint density at radius 3 is 2.91 bits per heavy atom. The van der Waals surface area contributed by atoms with Crippen molar-refractivity contribution in [3.8, 4) is 5.82 Å². The van der Waals surface area contributed by atoms with Crippen LogP contribution < -0.4 is 10.0 Å². The number of hydrogen-bond acceptors (Lipinski definition) is 6. The predicted molar refractivity (Wildman–Crippen MR) is 123 cm³/mol. The van der Waals surface area contributed by atoms with Gasteiger partial charge in [-0.2, -0.15) is 5.10 Å². The van der Waals surface area contributed by atoms with Crippen molar-refractivity contribution >= 4 is 33.0 Å². The van der Waals surface area contributed by atoms with Gasteiger partial charge in [-0.1, -0.05) is 6.08 Å². The topological polar surface area (TPSA) is 111 Å². The summed E-state index contributed by atoms with van der Waals surface area (Å²) < 4.78 is 30.0. The van der Waals surface area contributed by atoms with Crippen molar-refractivity contribution in [1.82, 2.24) is 29.4 Å². The van der Waals surface area contributed by atoms with Crippen LogP contribution in [0, 0.1) is 12.8 Å². The third-order valence-corrected chi connectivity index (χ3v) is 6.37. The second kappa shape index (κ2) is 8.99. The molecular formula is C22H26N6O3S. The SMILES string of the molecule is Cc1nn(C)c(-n2ccc3cccnc32)c1/C=C/C(=O)NS(=O)(=O)CC=CNCC1CC1. The molecule has 0 bridgehead atoms. The highest BCUT2D eigenvalue weighted by atomic mass is 32.2. The molecule has 1 aliphatic rings. The van der Waals surface area contributed by atoms with Gasteiger partial charge in [0, 0.05) is 43.0 Å². The maximum atomic E-state index is 12.3. The molecule has 0 unspecified atom stereocenters. The average Bonchev–Trinajstić information content (AvgIpc) is 3.40. The molecule has 0 aromatic carbocycles. The number of carbonyl (C=O) groups excluding carboxylic acids is 1. The minimum Gasteiger partial charge on any atom is -0.391 e. The van der Waals surface area contributed by atoms with Crippen LogP contribution in [-0.4, -0.2) is 46.0 Å². The molecule has 4 rings (SSSR count). The zero-order valence-electron chi connectivity index (χ0n) is 18.0. The molecule has 1 fully saturated rings. The van der Waals surface area contributed by atoms with E-state index in [1.165, 1.54) is 25.0 Å². The van der Waals surface area contributed by atoms with Gasteiger partial charge in [0.15, 0.2) is 0 Å². The van der Waals surface area contributed by atoms with E-state index in [1.54, 1.807) is 23.2 Å². The Morgan fingerprint density at radius 2 is 2.12 bits per heavy atom. The van der Waals surface area contributed by atoms with Gasteiger partial charge in [0.25, 0.3) is 5.91 Å². The lowest BCUT2D eigenvalue weighted by Gasteiger charge is -2.07. The van der Waals surface area contributed by atoms with Crippen molar-refractivity contribution in [2.45, 2.75) is 19.8 Å². The highest BCUT2D eigenvalue weighted by molar-refractivity contribution is 7.90. The maximum absolute atomic E-state index is 12.3. The minimum atomic E-state index is -3.77. The van der Waals surface area contributed by atoms with Crippen molar-refractivity contribution in [2.75, 3.05) is 12.3 Å². The monoisotopic (exact) mass is 454 g/mol. The van der Waals surface area contributed by atoms with Crippen molar-refractivity contribution in [3.05, 3.63) is 60.2 Å². The van der Waals surface area contributed by atoms with E-state index >= 15 is 0 Å². The molecule has 32 heavy (non-hydrogen) atoms. The number of amides is 1. The number of fused-ring (bicyclic) bond motifs is 1. The van der Waals surface area contributed by atoms with Crippen LogP contribution in [0.5, 0.6) is 0 Å². The molecule has 0 spiro atoms. The van der Waals surface area contributed by atoms with Gasteiger partial charge in [0.2, 0.25) is 10.0 Å². The fourth-order valence-electron chi connectivity index (χ4n) is 3.48. The molecule has 168 valence electrons. The van der Waals surface area contributed by atoms with Gasteiger partial charge in [-0.25, -0.2) is 18.1 Å². The fourth-order valence-corrected chi connectivity index (χ4v) is 4.29. The van der Waals surface area contributed by atoms with Crippen LogP contribution in [0.15, 0.2) is 48.9 Å². The lowest BCUT2D eigenvalue weighted by Crippen LogP contribution is -2.30. The summed E-state index contributed by atoms with van der Waals surface area (Å²) in [7, 11) is -1.96. The van der Waals surface area contributed by atoms with Crippen LogP contribution in [0.4, 0.5) is 0 Å². The highest BCUT2D eigenvalue weighted by Gasteiger charge is 2.20. The van der Waals surface area contributed by atoms with E-state index in [4.69, 9.17) is 0 Å². The Balaban J connectivity index is 1.46. The van der Waals surface area contributed by atoms with Crippen molar-refractivity contribution in [3.63, 3.8) is 0 Å². The van der Waals surface area contributed by atoms with Crippen LogP contribution in [0.1, 0.15) is 24.1 Å². The number of rotatable bonds is 9. The zero-order chi connectivity index (χ0) is 22.7. The Hall–Kier alpha value is -3.40. The molecular weight excluding hydrogens is 428 g/mol. The summed E-state index contributed by atoms with van der Waals surface area (Å²) in [6.07, 6.45) is 11.9. The average molecular weight is 455 g/mol. The first-order valence-corrected chi connectivity index (χ1v) is 12.1. The number of aromatic nitrogens is 4. The van der Waals surface area contributed by atoms with Crippen molar-refractivity contribution < 1.29 is 13.2 Å². The van der Waals surface area contributed by atoms with E-state index in [9.17, 15) is 13.2 Å². The number of pyridine rings is 1. The molecule has 1 saturated carbocycles. The van der Waals surface area contributed by atoms with E-state index in [1.807, 2.05) is 42.9 Å². The summed E-state index contributed by atoms with van der Waals surface area (Å²) in [6, 6.07) is 5.78. The van der Waals surface area contributed by atoms with Crippen LogP contribution in [0.25, 0.3) is 22.9 Å². The highest BCUT2D eigenvalue weighted by Crippen LogP contribution is 2.27. The Kier molecular flexibility index (Phi) is 6.13. The molecule has 0 atom stereocenters. The maximum Gasteiger partial charge on any atom is 0.257 e. The summed E-state index contributed by atoms with van der Waals surface area (Å²) >= 11 is 0. The predicted octanol–water partition coefficient (Wildman–Crippen LogP) is 2.04. The van der Waals surface area contributed by atoms with Gasteiger partial charge in [-0.15, -0.1) is 0 Å². The van der Waals surface area contributed by atoms with E-state index in [-0.39, 0.29) is 5.75 Å². The molecule has 0 aliphatic heterocycles. The van der Waals surface area contributed by atoms with E-state index in [0.29, 0.717) is 17.2 Å². The Bertz CT molecular complexity index is 1300. The van der Waals surface area contributed by atoms with Crippen LogP contribution in [-0.2, 0) is 21.9 Å². The number of hydrogen-bond donors (Lipinski definition) is 2. The molecule has 10 heteroatoms. The third kappa shape index (κ3) is 5.08. The standard InChI is InChI=1S/C22H26N6O3S/c1-16-19(22(27(2)25-16)28-13-10-18-5-3-12-24-21(18)28)8-9-20(29)26-32(30,31)14-4-11-23-15-17-6-7-17/h3-5,8-13,17,23H,6-7,14-15H2,1-2H3,(H,26,29)/b9-8+,11-4?. The summed E-state index contributed by atoms with van der Waals surface area (Å²) in [6.45, 7) is 2.68. The van der Waals surface area contributed by atoms with E-state index < -0.39 is 15.9 Å². The number of aryl methyl sites for hydroxylation is 2. The van der Waals surface area contributed by atoms with Gasteiger partial charge in [0.1, 0.15) is 11.5 Å². The number of nitrogens with one attached hydrogen (secondary N) is 2.